The molecule has 0 fully saturated rings. The smallest absolute Gasteiger partial charge is 0.272 e. The second-order valence-electron chi connectivity index (χ2n) is 4.40. The summed E-state index contributed by atoms with van der Waals surface area (Å²) in [4.78, 5) is 37.2. The van der Waals surface area contributed by atoms with E-state index in [1.54, 1.807) is 18.2 Å². The molecule has 1 aliphatic rings. The van der Waals surface area contributed by atoms with E-state index in [0.717, 1.165) is 5.56 Å². The SMILES string of the molecule is O=C(Nc1cccc2c1CNC2=O)c1cccc(=O)[nH]1. The minimum atomic E-state index is -0.421. The number of pyridine rings is 1. The number of rotatable bonds is 2. The van der Waals surface area contributed by atoms with Gasteiger partial charge in [-0.1, -0.05) is 12.1 Å². The average Bonchev–Trinajstić information content (AvgIpc) is 2.82. The third kappa shape index (κ3) is 2.07. The maximum absolute atomic E-state index is 12.1. The largest absolute Gasteiger partial charge is 0.348 e. The molecule has 2 heterocycles. The highest BCUT2D eigenvalue weighted by molar-refractivity contribution is 6.06. The van der Waals surface area contributed by atoms with Gasteiger partial charge >= 0.3 is 0 Å². The van der Waals surface area contributed by atoms with Crippen LogP contribution in [0.3, 0.4) is 0 Å². The Hall–Kier alpha value is -2.89. The van der Waals surface area contributed by atoms with Crippen molar-refractivity contribution < 1.29 is 9.59 Å². The van der Waals surface area contributed by atoms with E-state index in [0.29, 0.717) is 17.8 Å². The van der Waals surface area contributed by atoms with Crippen LogP contribution in [0.15, 0.2) is 41.2 Å². The Bertz CT molecular complexity index is 764. The van der Waals surface area contributed by atoms with Gasteiger partial charge in [0.25, 0.3) is 11.8 Å². The number of hydrogen-bond acceptors (Lipinski definition) is 3. The van der Waals surface area contributed by atoms with Gasteiger partial charge in [0.05, 0.1) is 0 Å². The Morgan fingerprint density at radius 3 is 2.70 bits per heavy atom. The number of aromatic amines is 1. The average molecular weight is 269 g/mol. The Morgan fingerprint density at radius 1 is 1.10 bits per heavy atom. The van der Waals surface area contributed by atoms with Gasteiger partial charge in [-0.2, -0.15) is 0 Å². The molecule has 20 heavy (non-hydrogen) atoms. The summed E-state index contributed by atoms with van der Waals surface area (Å²) in [5, 5.41) is 5.40. The maximum Gasteiger partial charge on any atom is 0.272 e. The molecule has 0 aliphatic carbocycles. The molecule has 0 saturated heterocycles. The molecule has 0 radical (unpaired) electrons. The topological polar surface area (TPSA) is 91.1 Å². The molecule has 0 atom stereocenters. The van der Waals surface area contributed by atoms with Gasteiger partial charge in [0.1, 0.15) is 5.69 Å². The minimum absolute atomic E-state index is 0.149. The number of fused-ring (bicyclic) bond motifs is 1. The molecular formula is C14H11N3O3. The molecule has 1 aromatic heterocycles. The van der Waals surface area contributed by atoms with E-state index in [1.807, 2.05) is 0 Å². The molecular weight excluding hydrogens is 258 g/mol. The van der Waals surface area contributed by atoms with Gasteiger partial charge in [0.2, 0.25) is 5.56 Å². The van der Waals surface area contributed by atoms with Crippen molar-refractivity contribution in [1.82, 2.24) is 10.3 Å². The molecule has 3 N–H and O–H groups in total. The number of anilines is 1. The fraction of sp³-hybridized carbons (Fsp3) is 0.0714. The molecule has 2 amide bonds. The van der Waals surface area contributed by atoms with Crippen LogP contribution in [0.5, 0.6) is 0 Å². The van der Waals surface area contributed by atoms with Gasteiger partial charge < -0.3 is 15.6 Å². The highest BCUT2D eigenvalue weighted by Gasteiger charge is 2.22. The van der Waals surface area contributed by atoms with Crippen molar-refractivity contribution in [1.29, 1.82) is 0 Å². The monoisotopic (exact) mass is 269 g/mol. The highest BCUT2D eigenvalue weighted by atomic mass is 16.2. The number of H-pyrrole nitrogens is 1. The van der Waals surface area contributed by atoms with E-state index in [9.17, 15) is 14.4 Å². The summed E-state index contributed by atoms with van der Waals surface area (Å²) in [6.07, 6.45) is 0. The summed E-state index contributed by atoms with van der Waals surface area (Å²) >= 11 is 0. The zero-order chi connectivity index (χ0) is 14.1. The molecule has 1 aromatic carbocycles. The van der Waals surface area contributed by atoms with Crippen LogP contribution in [0.25, 0.3) is 0 Å². The van der Waals surface area contributed by atoms with Gasteiger partial charge in [0.15, 0.2) is 0 Å². The summed E-state index contributed by atoms with van der Waals surface area (Å²) in [7, 11) is 0. The maximum atomic E-state index is 12.1. The lowest BCUT2D eigenvalue weighted by molar-refractivity contribution is 0.0964. The van der Waals surface area contributed by atoms with E-state index in [2.05, 4.69) is 15.6 Å². The third-order valence-corrected chi connectivity index (χ3v) is 3.11. The van der Waals surface area contributed by atoms with Gasteiger partial charge in [-0.05, 0) is 18.2 Å². The zero-order valence-corrected chi connectivity index (χ0v) is 10.4. The summed E-state index contributed by atoms with van der Waals surface area (Å²) in [5.41, 5.74) is 1.71. The van der Waals surface area contributed by atoms with E-state index in [1.165, 1.54) is 18.2 Å². The van der Waals surface area contributed by atoms with Gasteiger partial charge in [-0.15, -0.1) is 0 Å². The Kier molecular flexibility index (Phi) is 2.83. The van der Waals surface area contributed by atoms with Crippen molar-refractivity contribution in [2.75, 3.05) is 5.32 Å². The first-order valence-electron chi connectivity index (χ1n) is 6.06. The standard InChI is InChI=1S/C14H11N3O3/c18-12-6-2-5-11(16-12)14(20)17-10-4-1-3-8-9(10)7-15-13(8)19/h1-6H,7H2,(H,15,19)(H,16,18)(H,17,20). The molecule has 0 unspecified atom stereocenters. The Morgan fingerprint density at radius 2 is 1.90 bits per heavy atom. The van der Waals surface area contributed by atoms with E-state index in [-0.39, 0.29) is 17.2 Å². The third-order valence-electron chi connectivity index (χ3n) is 3.11. The number of amides is 2. The van der Waals surface area contributed by atoms with Crippen LogP contribution < -0.4 is 16.2 Å². The van der Waals surface area contributed by atoms with Crippen LogP contribution in [-0.2, 0) is 6.54 Å². The molecule has 6 heteroatoms. The zero-order valence-electron chi connectivity index (χ0n) is 10.4. The van der Waals surface area contributed by atoms with Crippen molar-refractivity contribution in [3.05, 3.63) is 63.6 Å². The van der Waals surface area contributed by atoms with Crippen LogP contribution >= 0.6 is 0 Å². The van der Waals surface area contributed by atoms with Gasteiger partial charge in [-0.3, -0.25) is 14.4 Å². The highest BCUT2D eigenvalue weighted by Crippen LogP contribution is 2.24. The van der Waals surface area contributed by atoms with E-state index < -0.39 is 5.91 Å². The molecule has 100 valence electrons. The van der Waals surface area contributed by atoms with E-state index in [4.69, 9.17) is 0 Å². The second kappa shape index (κ2) is 4.65. The predicted molar refractivity (Wildman–Crippen MR) is 72.6 cm³/mol. The summed E-state index contributed by atoms with van der Waals surface area (Å²) in [6, 6.07) is 9.49. The van der Waals surface area contributed by atoms with Crippen LogP contribution in [0.1, 0.15) is 26.4 Å². The molecule has 2 aromatic rings. The van der Waals surface area contributed by atoms with Crippen LogP contribution in [-0.4, -0.2) is 16.8 Å². The molecule has 0 saturated carbocycles. The first-order chi connectivity index (χ1) is 9.65. The lowest BCUT2D eigenvalue weighted by Crippen LogP contribution is -2.18. The number of benzene rings is 1. The minimum Gasteiger partial charge on any atom is -0.348 e. The number of carbonyl (C=O) groups is 2. The second-order valence-corrected chi connectivity index (χ2v) is 4.40. The number of nitrogens with one attached hydrogen (secondary N) is 3. The molecule has 6 nitrogen and oxygen atoms in total. The first kappa shape index (κ1) is 12.2. The Labute approximate surface area is 113 Å². The summed E-state index contributed by atoms with van der Waals surface area (Å²) < 4.78 is 0. The quantitative estimate of drug-likeness (QED) is 0.755. The van der Waals surface area contributed by atoms with Crippen molar-refractivity contribution in [2.45, 2.75) is 6.54 Å². The number of aromatic nitrogens is 1. The lowest BCUT2D eigenvalue weighted by atomic mass is 10.1. The number of hydrogen-bond donors (Lipinski definition) is 3. The van der Waals surface area contributed by atoms with Gasteiger partial charge in [-0.25, -0.2) is 0 Å². The van der Waals surface area contributed by atoms with E-state index >= 15 is 0 Å². The Balaban J connectivity index is 1.91. The summed E-state index contributed by atoms with van der Waals surface area (Å²) in [5.74, 6) is -0.570. The molecule has 1 aliphatic heterocycles. The lowest BCUT2D eigenvalue weighted by Gasteiger charge is -2.08. The molecule has 0 spiro atoms. The predicted octanol–water partition coefficient (Wildman–Crippen LogP) is 0.871. The fourth-order valence-corrected chi connectivity index (χ4v) is 2.14. The molecule has 3 rings (SSSR count). The normalized spacial score (nSPS) is 12.7. The van der Waals surface area contributed by atoms with Crippen molar-refractivity contribution in [3.8, 4) is 0 Å². The molecule has 0 bridgehead atoms. The van der Waals surface area contributed by atoms with Crippen LogP contribution in [0.2, 0.25) is 0 Å². The van der Waals surface area contributed by atoms with Crippen LogP contribution in [0.4, 0.5) is 5.69 Å². The van der Waals surface area contributed by atoms with Crippen molar-refractivity contribution in [3.63, 3.8) is 0 Å². The fourth-order valence-electron chi connectivity index (χ4n) is 2.14. The number of carbonyl (C=O) groups excluding carboxylic acids is 2. The van der Waals surface area contributed by atoms with Crippen molar-refractivity contribution >= 4 is 17.5 Å². The van der Waals surface area contributed by atoms with Crippen molar-refractivity contribution in [2.24, 2.45) is 0 Å². The van der Waals surface area contributed by atoms with Gasteiger partial charge in [0, 0.05) is 29.4 Å². The van der Waals surface area contributed by atoms with Crippen LogP contribution in [0, 0.1) is 0 Å². The summed E-state index contributed by atoms with van der Waals surface area (Å²) in [6.45, 7) is 0.385. The first-order valence-corrected chi connectivity index (χ1v) is 6.06.